The molecule has 0 bridgehead atoms. The maximum Gasteiger partial charge on any atom is 0.331 e. The molecule has 0 spiro atoms. The number of nitrogens with zero attached hydrogens (tertiary/aromatic N) is 2. The minimum atomic E-state index is -0.402. The zero-order valence-corrected chi connectivity index (χ0v) is 9.90. The summed E-state index contributed by atoms with van der Waals surface area (Å²) in [5.41, 5.74) is 0.386. The molecule has 1 aromatic carbocycles. The Bertz CT molecular complexity index is 532. The lowest BCUT2D eigenvalue weighted by atomic mass is 10.3. The molecule has 0 unspecified atom stereocenters. The highest BCUT2D eigenvalue weighted by atomic mass is 35.5. The number of carbonyl (C=O) groups is 1. The molecule has 7 heteroatoms. The molecule has 1 aromatic heterocycles. The highest BCUT2D eigenvalue weighted by molar-refractivity contribution is 6.37. The van der Waals surface area contributed by atoms with Crippen LogP contribution in [-0.2, 0) is 0 Å². The normalized spacial score (nSPS) is 10.2. The van der Waals surface area contributed by atoms with Gasteiger partial charge >= 0.3 is 6.03 Å². The van der Waals surface area contributed by atoms with Crippen molar-refractivity contribution in [2.45, 2.75) is 0 Å². The Morgan fingerprint density at radius 3 is 2.53 bits per heavy atom. The summed E-state index contributed by atoms with van der Waals surface area (Å²) in [5, 5.41) is 12.1. The van der Waals surface area contributed by atoms with Gasteiger partial charge in [-0.15, -0.1) is 0 Å². The molecule has 0 aliphatic carbocycles. The molecule has 1 amide bonds. The predicted molar refractivity (Wildman–Crippen MR) is 64.8 cm³/mol. The molecule has 5 nitrogen and oxygen atoms in total. The van der Waals surface area contributed by atoms with Gasteiger partial charge in [0.25, 0.3) is 0 Å². The molecule has 17 heavy (non-hydrogen) atoms. The Morgan fingerprint density at radius 1 is 1.35 bits per heavy atom. The van der Waals surface area contributed by atoms with Crippen LogP contribution in [0.2, 0.25) is 10.0 Å². The SMILES string of the molecule is O=C(Nc1cc(Cl)c(O)c(Cl)c1)n1ccnc1. The van der Waals surface area contributed by atoms with Crippen LogP contribution in [0, 0.1) is 0 Å². The van der Waals surface area contributed by atoms with Crippen molar-refractivity contribution in [3.05, 3.63) is 40.9 Å². The maximum atomic E-state index is 11.6. The highest BCUT2D eigenvalue weighted by Gasteiger charge is 2.09. The number of nitrogens with one attached hydrogen (secondary N) is 1. The van der Waals surface area contributed by atoms with Crippen LogP contribution in [0.25, 0.3) is 0 Å². The quantitative estimate of drug-likeness (QED) is 0.784. The van der Waals surface area contributed by atoms with Crippen LogP contribution in [0.3, 0.4) is 0 Å². The summed E-state index contributed by atoms with van der Waals surface area (Å²) in [4.78, 5) is 15.4. The Labute approximate surface area is 107 Å². The lowest BCUT2D eigenvalue weighted by Gasteiger charge is -2.07. The molecule has 2 rings (SSSR count). The molecule has 0 saturated carbocycles. The second-order valence-corrected chi connectivity index (χ2v) is 4.00. The first-order chi connectivity index (χ1) is 8.08. The summed E-state index contributed by atoms with van der Waals surface area (Å²) in [6, 6.07) is 2.40. The minimum absolute atomic E-state index is 0.0680. The van der Waals surface area contributed by atoms with Crippen LogP contribution >= 0.6 is 23.2 Å². The molecule has 2 N–H and O–H groups in total. The fourth-order valence-corrected chi connectivity index (χ4v) is 1.69. The molecule has 0 fully saturated rings. The van der Waals surface area contributed by atoms with Gasteiger partial charge < -0.3 is 10.4 Å². The number of amides is 1. The Kier molecular flexibility index (Phi) is 3.21. The summed E-state index contributed by atoms with van der Waals surface area (Å²) in [6.45, 7) is 0. The number of aromatic hydroxyl groups is 1. The van der Waals surface area contributed by atoms with Gasteiger partial charge in [0.2, 0.25) is 0 Å². The maximum absolute atomic E-state index is 11.6. The predicted octanol–water partition coefficient (Wildman–Crippen LogP) is 2.98. The van der Waals surface area contributed by atoms with E-state index in [4.69, 9.17) is 23.2 Å². The fraction of sp³-hybridized carbons (Fsp3) is 0. The van der Waals surface area contributed by atoms with Crippen LogP contribution in [-0.4, -0.2) is 20.7 Å². The summed E-state index contributed by atoms with van der Waals surface area (Å²) >= 11 is 11.4. The van der Waals surface area contributed by atoms with Crippen molar-refractivity contribution in [2.24, 2.45) is 0 Å². The Morgan fingerprint density at radius 2 is 2.00 bits per heavy atom. The number of imidazole rings is 1. The first-order valence-corrected chi connectivity index (χ1v) is 5.31. The average Bonchev–Trinajstić information content (AvgIpc) is 2.79. The Balaban J connectivity index is 2.22. The largest absolute Gasteiger partial charge is 0.505 e. The van der Waals surface area contributed by atoms with E-state index in [0.717, 1.165) is 0 Å². The van der Waals surface area contributed by atoms with E-state index in [0.29, 0.717) is 5.69 Å². The molecule has 88 valence electrons. The molecule has 0 radical (unpaired) electrons. The van der Waals surface area contributed by atoms with E-state index in [-0.39, 0.29) is 15.8 Å². The van der Waals surface area contributed by atoms with Crippen molar-refractivity contribution in [2.75, 3.05) is 5.32 Å². The summed E-state index contributed by atoms with van der Waals surface area (Å²) in [6.07, 6.45) is 4.34. The van der Waals surface area contributed by atoms with Crippen molar-refractivity contribution in [1.29, 1.82) is 0 Å². The molecule has 1 heterocycles. The van der Waals surface area contributed by atoms with Gasteiger partial charge in [-0.3, -0.25) is 4.57 Å². The molecule has 0 aliphatic rings. The van der Waals surface area contributed by atoms with Crippen molar-refractivity contribution in [1.82, 2.24) is 9.55 Å². The topological polar surface area (TPSA) is 67.2 Å². The van der Waals surface area contributed by atoms with Crippen molar-refractivity contribution < 1.29 is 9.90 Å². The van der Waals surface area contributed by atoms with Crippen LogP contribution in [0.1, 0.15) is 0 Å². The first kappa shape index (κ1) is 11.8. The smallest absolute Gasteiger partial charge is 0.331 e. The average molecular weight is 272 g/mol. The van der Waals surface area contributed by atoms with Crippen molar-refractivity contribution >= 4 is 34.9 Å². The number of aromatic nitrogens is 2. The van der Waals surface area contributed by atoms with Gasteiger partial charge in [-0.25, -0.2) is 9.78 Å². The van der Waals surface area contributed by atoms with Crippen molar-refractivity contribution in [3.63, 3.8) is 0 Å². The molecule has 0 atom stereocenters. The van der Waals surface area contributed by atoms with Gasteiger partial charge in [0.05, 0.1) is 10.0 Å². The third kappa shape index (κ3) is 2.51. The van der Waals surface area contributed by atoms with Gasteiger partial charge in [0, 0.05) is 18.1 Å². The molecular weight excluding hydrogens is 265 g/mol. The molecular formula is C10H7Cl2N3O2. The standard InChI is InChI=1S/C10H7Cl2N3O2/c11-7-3-6(4-8(12)9(7)16)14-10(17)15-2-1-13-5-15/h1-5,16H,(H,14,17). The second-order valence-electron chi connectivity index (χ2n) is 3.19. The second kappa shape index (κ2) is 4.65. The number of rotatable bonds is 1. The number of halogens is 2. The summed E-state index contributed by atoms with van der Waals surface area (Å²) in [5.74, 6) is -0.214. The van der Waals surface area contributed by atoms with E-state index in [1.165, 1.54) is 35.4 Å². The molecule has 0 aliphatic heterocycles. The summed E-state index contributed by atoms with van der Waals surface area (Å²) < 4.78 is 1.26. The number of hydrogen-bond acceptors (Lipinski definition) is 3. The zero-order valence-electron chi connectivity index (χ0n) is 8.39. The highest BCUT2D eigenvalue weighted by Crippen LogP contribution is 2.34. The van der Waals surface area contributed by atoms with E-state index in [2.05, 4.69) is 10.3 Å². The van der Waals surface area contributed by atoms with Gasteiger partial charge in [-0.05, 0) is 12.1 Å². The van der Waals surface area contributed by atoms with E-state index in [9.17, 15) is 9.90 Å². The van der Waals surface area contributed by atoms with Gasteiger partial charge in [0.1, 0.15) is 6.33 Å². The Hall–Kier alpha value is -1.72. The van der Waals surface area contributed by atoms with E-state index in [1.807, 2.05) is 0 Å². The number of benzene rings is 1. The number of carbonyl (C=O) groups excluding carboxylic acids is 1. The number of phenols is 1. The monoisotopic (exact) mass is 271 g/mol. The number of anilines is 1. The summed E-state index contributed by atoms with van der Waals surface area (Å²) in [7, 11) is 0. The minimum Gasteiger partial charge on any atom is -0.505 e. The van der Waals surface area contributed by atoms with Crippen LogP contribution in [0.4, 0.5) is 10.5 Å². The zero-order chi connectivity index (χ0) is 12.4. The van der Waals surface area contributed by atoms with E-state index in [1.54, 1.807) is 0 Å². The lowest BCUT2D eigenvalue weighted by molar-refractivity contribution is 0.253. The number of hydrogen-bond donors (Lipinski definition) is 2. The van der Waals surface area contributed by atoms with Gasteiger partial charge in [-0.2, -0.15) is 0 Å². The lowest BCUT2D eigenvalue weighted by Crippen LogP contribution is -2.17. The van der Waals surface area contributed by atoms with E-state index < -0.39 is 6.03 Å². The molecule has 0 saturated heterocycles. The molecule has 2 aromatic rings. The van der Waals surface area contributed by atoms with Crippen molar-refractivity contribution in [3.8, 4) is 5.75 Å². The van der Waals surface area contributed by atoms with E-state index >= 15 is 0 Å². The van der Waals surface area contributed by atoms with Crippen LogP contribution in [0.5, 0.6) is 5.75 Å². The van der Waals surface area contributed by atoms with Gasteiger partial charge in [-0.1, -0.05) is 23.2 Å². The van der Waals surface area contributed by atoms with Gasteiger partial charge in [0.15, 0.2) is 5.75 Å². The first-order valence-electron chi connectivity index (χ1n) is 4.55. The fourth-order valence-electron chi connectivity index (χ4n) is 1.20. The number of phenolic OH excluding ortho intramolecular Hbond substituents is 1. The van der Waals surface area contributed by atoms with Crippen LogP contribution in [0.15, 0.2) is 30.9 Å². The third-order valence-electron chi connectivity index (χ3n) is 2.01. The third-order valence-corrected chi connectivity index (χ3v) is 2.58. The van der Waals surface area contributed by atoms with Crippen LogP contribution < -0.4 is 5.32 Å².